The van der Waals surface area contributed by atoms with Gasteiger partial charge in [0.15, 0.2) is 0 Å². The fourth-order valence-electron chi connectivity index (χ4n) is 2.78. The Kier molecular flexibility index (Phi) is 4.70. The highest BCUT2D eigenvalue weighted by Crippen LogP contribution is 2.21. The summed E-state index contributed by atoms with van der Waals surface area (Å²) in [4.78, 5) is 12.6. The number of hydrogen-bond donors (Lipinski definition) is 1. The molecule has 2 rings (SSSR count). The van der Waals surface area contributed by atoms with Crippen molar-refractivity contribution in [1.82, 2.24) is 5.32 Å². The maximum absolute atomic E-state index is 12.6. The van der Waals surface area contributed by atoms with Crippen LogP contribution in [0.1, 0.15) is 56.7 Å². The van der Waals surface area contributed by atoms with Crippen LogP contribution in [0.25, 0.3) is 0 Å². The molecule has 0 fully saturated rings. The fraction of sp³-hybridized carbons (Fsp3) is 0.350. The van der Waals surface area contributed by atoms with E-state index in [2.05, 4.69) is 50.4 Å². The highest BCUT2D eigenvalue weighted by molar-refractivity contribution is 5.96. The Hall–Kier alpha value is -2.09. The van der Waals surface area contributed by atoms with Crippen LogP contribution in [0.5, 0.6) is 0 Å². The van der Waals surface area contributed by atoms with E-state index in [1.54, 1.807) is 0 Å². The molecule has 2 nitrogen and oxygen atoms in total. The molecule has 2 heteroatoms. The van der Waals surface area contributed by atoms with Crippen LogP contribution < -0.4 is 5.32 Å². The minimum Gasteiger partial charge on any atom is -0.345 e. The molecular formula is C20H25NO. The lowest BCUT2D eigenvalue weighted by atomic mass is 9.98. The molecule has 0 aromatic heterocycles. The zero-order valence-corrected chi connectivity index (χ0v) is 14.4. The molecule has 0 aliphatic heterocycles. The molecule has 0 bridgehead atoms. The lowest BCUT2D eigenvalue weighted by molar-refractivity contribution is 0.0939. The summed E-state index contributed by atoms with van der Waals surface area (Å²) in [6, 6.07) is 10.4. The second kappa shape index (κ2) is 6.35. The predicted molar refractivity (Wildman–Crippen MR) is 92.5 cm³/mol. The monoisotopic (exact) mass is 295 g/mol. The van der Waals surface area contributed by atoms with Gasteiger partial charge in [-0.15, -0.1) is 0 Å². The molecule has 2 aromatic carbocycles. The molecule has 0 aliphatic carbocycles. The number of hydrogen-bond acceptors (Lipinski definition) is 1. The number of rotatable bonds is 3. The van der Waals surface area contributed by atoms with Gasteiger partial charge in [-0.1, -0.05) is 29.8 Å². The molecule has 1 atom stereocenters. The first kappa shape index (κ1) is 16.3. The van der Waals surface area contributed by atoms with Crippen LogP contribution in [-0.2, 0) is 0 Å². The molecule has 116 valence electrons. The Morgan fingerprint density at radius 3 is 2.18 bits per heavy atom. The quantitative estimate of drug-likeness (QED) is 0.872. The SMILES string of the molecule is Cc1ccc(C)c([C@H](C)NC(=O)c2cc(C)c(C)cc2C)c1. The maximum Gasteiger partial charge on any atom is 0.252 e. The molecule has 0 saturated carbocycles. The van der Waals surface area contributed by atoms with E-state index in [9.17, 15) is 4.79 Å². The van der Waals surface area contributed by atoms with Gasteiger partial charge in [0, 0.05) is 5.56 Å². The lowest BCUT2D eigenvalue weighted by Gasteiger charge is -2.18. The van der Waals surface area contributed by atoms with Crippen LogP contribution in [0.15, 0.2) is 30.3 Å². The van der Waals surface area contributed by atoms with Crippen molar-refractivity contribution in [2.75, 3.05) is 0 Å². The van der Waals surface area contributed by atoms with Gasteiger partial charge in [0.05, 0.1) is 6.04 Å². The Bertz CT molecular complexity index is 716. The van der Waals surface area contributed by atoms with E-state index < -0.39 is 0 Å². The molecule has 0 spiro atoms. The van der Waals surface area contributed by atoms with E-state index in [1.165, 1.54) is 22.3 Å². The Morgan fingerprint density at radius 2 is 1.50 bits per heavy atom. The van der Waals surface area contributed by atoms with Crippen molar-refractivity contribution in [3.63, 3.8) is 0 Å². The van der Waals surface area contributed by atoms with E-state index >= 15 is 0 Å². The molecule has 0 aliphatic rings. The van der Waals surface area contributed by atoms with Crippen molar-refractivity contribution in [3.8, 4) is 0 Å². The first-order valence-electron chi connectivity index (χ1n) is 7.75. The lowest BCUT2D eigenvalue weighted by Crippen LogP contribution is -2.28. The van der Waals surface area contributed by atoms with Gasteiger partial charge in [0.2, 0.25) is 0 Å². The summed E-state index contributed by atoms with van der Waals surface area (Å²) in [5, 5.41) is 3.13. The number of nitrogens with one attached hydrogen (secondary N) is 1. The molecular weight excluding hydrogens is 270 g/mol. The Morgan fingerprint density at radius 1 is 0.864 bits per heavy atom. The van der Waals surface area contributed by atoms with Crippen molar-refractivity contribution in [3.05, 3.63) is 69.3 Å². The minimum atomic E-state index is -0.00610. The van der Waals surface area contributed by atoms with Crippen LogP contribution in [0.4, 0.5) is 0 Å². The standard InChI is InChI=1S/C20H25NO/c1-12-7-8-13(2)18(9-12)17(6)21-20(22)19-11-15(4)14(3)10-16(19)5/h7-11,17H,1-6H3,(H,21,22)/t17-/m0/s1. The van der Waals surface area contributed by atoms with E-state index in [0.717, 1.165) is 16.7 Å². The predicted octanol–water partition coefficient (Wildman–Crippen LogP) is 4.72. The smallest absolute Gasteiger partial charge is 0.252 e. The van der Waals surface area contributed by atoms with Crippen LogP contribution >= 0.6 is 0 Å². The first-order valence-corrected chi connectivity index (χ1v) is 7.75. The largest absolute Gasteiger partial charge is 0.345 e. The number of benzene rings is 2. The summed E-state index contributed by atoms with van der Waals surface area (Å²) in [6.45, 7) is 12.3. The van der Waals surface area contributed by atoms with Gasteiger partial charge in [-0.2, -0.15) is 0 Å². The molecule has 1 amide bonds. The topological polar surface area (TPSA) is 29.1 Å². The van der Waals surface area contributed by atoms with Crippen molar-refractivity contribution >= 4 is 5.91 Å². The molecule has 0 saturated heterocycles. The number of aryl methyl sites for hydroxylation is 5. The summed E-state index contributed by atoms with van der Waals surface area (Å²) in [5.74, 6) is -0.00555. The van der Waals surface area contributed by atoms with Gasteiger partial charge in [-0.25, -0.2) is 0 Å². The van der Waals surface area contributed by atoms with Gasteiger partial charge in [0.25, 0.3) is 5.91 Å². The van der Waals surface area contributed by atoms with Gasteiger partial charge in [-0.3, -0.25) is 4.79 Å². The van der Waals surface area contributed by atoms with E-state index in [1.807, 2.05) is 26.8 Å². The van der Waals surface area contributed by atoms with Crippen molar-refractivity contribution in [1.29, 1.82) is 0 Å². The summed E-state index contributed by atoms with van der Waals surface area (Å²) in [7, 11) is 0. The summed E-state index contributed by atoms with van der Waals surface area (Å²) < 4.78 is 0. The van der Waals surface area contributed by atoms with Gasteiger partial charge >= 0.3 is 0 Å². The van der Waals surface area contributed by atoms with Crippen LogP contribution in [0.3, 0.4) is 0 Å². The van der Waals surface area contributed by atoms with Gasteiger partial charge in [-0.05, 0) is 75.4 Å². The summed E-state index contributed by atoms with van der Waals surface area (Å²) in [6.07, 6.45) is 0. The highest BCUT2D eigenvalue weighted by atomic mass is 16.1. The average Bonchev–Trinajstić information content (AvgIpc) is 2.45. The Balaban J connectivity index is 2.25. The maximum atomic E-state index is 12.6. The normalized spacial score (nSPS) is 12.1. The summed E-state index contributed by atoms with van der Waals surface area (Å²) in [5.41, 5.74) is 7.75. The van der Waals surface area contributed by atoms with Crippen molar-refractivity contribution < 1.29 is 4.79 Å². The molecule has 0 heterocycles. The number of amides is 1. The zero-order chi connectivity index (χ0) is 16.4. The van der Waals surface area contributed by atoms with Crippen LogP contribution in [-0.4, -0.2) is 5.91 Å². The zero-order valence-electron chi connectivity index (χ0n) is 14.4. The van der Waals surface area contributed by atoms with E-state index in [-0.39, 0.29) is 11.9 Å². The Labute approximate surface area is 133 Å². The van der Waals surface area contributed by atoms with Crippen molar-refractivity contribution in [2.24, 2.45) is 0 Å². The third kappa shape index (κ3) is 3.38. The first-order chi connectivity index (χ1) is 10.3. The molecule has 22 heavy (non-hydrogen) atoms. The van der Waals surface area contributed by atoms with E-state index in [0.29, 0.717) is 0 Å². The second-order valence-electron chi connectivity index (χ2n) is 6.31. The van der Waals surface area contributed by atoms with Crippen LogP contribution in [0, 0.1) is 34.6 Å². The average molecular weight is 295 g/mol. The molecule has 0 radical (unpaired) electrons. The third-order valence-corrected chi connectivity index (χ3v) is 4.33. The number of carbonyl (C=O) groups is 1. The van der Waals surface area contributed by atoms with Crippen LogP contribution in [0.2, 0.25) is 0 Å². The fourth-order valence-corrected chi connectivity index (χ4v) is 2.78. The second-order valence-corrected chi connectivity index (χ2v) is 6.31. The van der Waals surface area contributed by atoms with E-state index in [4.69, 9.17) is 0 Å². The third-order valence-electron chi connectivity index (χ3n) is 4.33. The molecule has 2 aromatic rings. The number of carbonyl (C=O) groups excluding carboxylic acids is 1. The minimum absolute atomic E-state index is 0.00555. The van der Waals surface area contributed by atoms with Crippen molar-refractivity contribution in [2.45, 2.75) is 47.6 Å². The van der Waals surface area contributed by atoms with Gasteiger partial charge in [0.1, 0.15) is 0 Å². The van der Waals surface area contributed by atoms with Gasteiger partial charge < -0.3 is 5.32 Å². The highest BCUT2D eigenvalue weighted by Gasteiger charge is 2.15. The summed E-state index contributed by atoms with van der Waals surface area (Å²) >= 11 is 0. The molecule has 1 N–H and O–H groups in total. The molecule has 0 unspecified atom stereocenters.